The Morgan fingerprint density at radius 3 is 1.00 bits per heavy atom. The molecule has 0 amide bonds. The summed E-state index contributed by atoms with van der Waals surface area (Å²) in [5.41, 5.74) is 0. The third-order valence-corrected chi connectivity index (χ3v) is 0. The molecule has 0 saturated carbocycles. The van der Waals surface area contributed by atoms with Crippen LogP contribution in [0.3, 0.4) is 0 Å². The Balaban J connectivity index is 0. The van der Waals surface area contributed by atoms with E-state index in [1.54, 1.807) is 0 Å². The van der Waals surface area contributed by atoms with Crippen LogP contribution < -0.4 is 0 Å². The van der Waals surface area contributed by atoms with E-state index in [4.69, 9.17) is 0 Å². The largest absolute Gasteiger partial charge is 0 e. The van der Waals surface area contributed by atoms with Gasteiger partial charge in [0.15, 0.2) is 0 Å². The van der Waals surface area contributed by atoms with Crippen LogP contribution in [0, 0.1) is 0 Å². The first kappa shape index (κ1) is 46.4. The number of hydrogen-bond acceptors (Lipinski definition) is 0. The maximum atomic E-state index is 0. The fraction of sp³-hybridized carbons (Fsp3) is 0. The molecule has 4 radical (unpaired) electrons. The van der Waals surface area contributed by atoms with E-state index in [0.29, 0.717) is 0 Å². The van der Waals surface area contributed by atoms with E-state index in [0.717, 1.165) is 0 Å². The second kappa shape index (κ2) is 23.3. The molecule has 4 heteroatoms. The van der Waals surface area contributed by atoms with Gasteiger partial charge in [0.2, 0.25) is 0 Å². The molecule has 0 aliphatic rings. The molecule has 0 aliphatic heterocycles. The Morgan fingerprint density at radius 1 is 1.00 bits per heavy atom. The SMILES string of the molecule is [B].[Co].[Cr].[Ni]. The summed E-state index contributed by atoms with van der Waals surface area (Å²) in [6, 6.07) is 0. The molecule has 0 saturated heterocycles. The molecule has 0 atom stereocenters. The average Bonchev–Trinajstić information content (AvgIpc) is 0. The van der Waals surface area contributed by atoms with E-state index < -0.39 is 0 Å². The molecule has 0 fully saturated rings. The second-order valence-corrected chi connectivity index (χ2v) is 0. The Morgan fingerprint density at radius 2 is 1.00 bits per heavy atom. The second-order valence-electron chi connectivity index (χ2n) is 0. The summed E-state index contributed by atoms with van der Waals surface area (Å²) in [6.45, 7) is 0. The molecule has 28 valence electrons. The quantitative estimate of drug-likeness (QED) is 0.446. The summed E-state index contributed by atoms with van der Waals surface area (Å²) in [4.78, 5) is 0. The van der Waals surface area contributed by atoms with Crippen LogP contribution in [0.1, 0.15) is 0 Å². The van der Waals surface area contributed by atoms with E-state index in [1.807, 2.05) is 0 Å². The maximum absolute atomic E-state index is 0. The minimum atomic E-state index is 0. The third-order valence-electron chi connectivity index (χ3n) is 0. The van der Waals surface area contributed by atoms with Gasteiger partial charge in [-0.3, -0.25) is 0 Å². The van der Waals surface area contributed by atoms with Crippen molar-refractivity contribution in [2.45, 2.75) is 0 Å². The fourth-order valence-corrected chi connectivity index (χ4v) is 0. The van der Waals surface area contributed by atoms with Crippen molar-refractivity contribution in [1.29, 1.82) is 0 Å². The van der Waals surface area contributed by atoms with Gasteiger partial charge < -0.3 is 0 Å². The van der Waals surface area contributed by atoms with Gasteiger partial charge in [0.25, 0.3) is 0 Å². The van der Waals surface area contributed by atoms with Crippen molar-refractivity contribution in [2.24, 2.45) is 0 Å². The summed E-state index contributed by atoms with van der Waals surface area (Å²) in [7, 11) is 0. The first-order valence-corrected chi connectivity index (χ1v) is 0. The topological polar surface area (TPSA) is 0 Å². The Labute approximate surface area is 58.9 Å². The third kappa shape index (κ3) is 9.51. The molecular formula is BCoCrNi. The molecular weight excluding hydrogens is 180 g/mol. The van der Waals surface area contributed by atoms with E-state index >= 15 is 0 Å². The van der Waals surface area contributed by atoms with Crippen molar-refractivity contribution < 1.29 is 50.6 Å². The standard InChI is InChI=1S/B.Co.Cr.Ni. The van der Waals surface area contributed by atoms with Gasteiger partial charge in [-0.1, -0.05) is 0 Å². The number of hydrogen-bond donors (Lipinski definition) is 0. The van der Waals surface area contributed by atoms with Crippen LogP contribution in [-0.2, 0) is 50.6 Å². The number of rotatable bonds is 0. The monoisotopic (exact) mass is 180 g/mol. The molecule has 0 spiro atoms. The summed E-state index contributed by atoms with van der Waals surface area (Å²) in [5, 5.41) is 0. The fourth-order valence-electron chi connectivity index (χ4n) is 0. The zero-order valence-corrected chi connectivity index (χ0v) is 4.94. The molecule has 0 nitrogen and oxygen atoms in total. The van der Waals surface area contributed by atoms with Crippen molar-refractivity contribution in [2.75, 3.05) is 0 Å². The van der Waals surface area contributed by atoms with Gasteiger partial charge in [-0.25, -0.2) is 0 Å². The molecule has 0 aromatic carbocycles. The Kier molecular flexibility index (Phi) is 270. The molecule has 0 rings (SSSR count). The molecule has 0 unspecified atom stereocenters. The summed E-state index contributed by atoms with van der Waals surface area (Å²) < 4.78 is 0. The smallest absolute Gasteiger partial charge is 0 e. The van der Waals surface area contributed by atoms with E-state index in [1.165, 1.54) is 0 Å². The molecule has 0 bridgehead atoms. The van der Waals surface area contributed by atoms with Crippen LogP contribution in [0.15, 0.2) is 0 Å². The normalized spacial score (nSPS) is 0. The van der Waals surface area contributed by atoms with Crippen molar-refractivity contribution in [3.63, 3.8) is 0 Å². The van der Waals surface area contributed by atoms with Crippen LogP contribution in [0.2, 0.25) is 0 Å². The molecule has 4 heavy (non-hydrogen) atoms. The van der Waals surface area contributed by atoms with Crippen molar-refractivity contribution in [3.8, 4) is 0 Å². The van der Waals surface area contributed by atoms with E-state index in [2.05, 4.69) is 0 Å². The van der Waals surface area contributed by atoms with E-state index in [-0.39, 0.29) is 59.0 Å². The molecule has 0 aromatic heterocycles. The predicted molar refractivity (Wildman–Crippen MR) is 5.75 cm³/mol. The summed E-state index contributed by atoms with van der Waals surface area (Å²) >= 11 is 0. The molecule has 0 N–H and O–H groups in total. The van der Waals surface area contributed by atoms with Gasteiger partial charge in [-0.15, -0.1) is 0 Å². The van der Waals surface area contributed by atoms with Crippen LogP contribution in [0.25, 0.3) is 0 Å². The maximum Gasteiger partial charge on any atom is 0 e. The molecule has 0 heterocycles. The molecule has 0 aliphatic carbocycles. The molecule has 0 aromatic rings. The zero-order chi connectivity index (χ0) is 0. The summed E-state index contributed by atoms with van der Waals surface area (Å²) in [6.07, 6.45) is 0. The van der Waals surface area contributed by atoms with Crippen molar-refractivity contribution in [1.82, 2.24) is 0 Å². The van der Waals surface area contributed by atoms with Gasteiger partial charge in [0, 0.05) is 59.0 Å². The first-order chi connectivity index (χ1) is 0. The van der Waals surface area contributed by atoms with E-state index in [9.17, 15) is 0 Å². The van der Waals surface area contributed by atoms with Crippen LogP contribution in [-0.4, -0.2) is 8.41 Å². The zero-order valence-electron chi connectivity index (χ0n) is 1.64. The predicted octanol–water partition coefficient (Wildman–Crippen LogP) is -0.388. The minimum absolute atomic E-state index is 0. The van der Waals surface area contributed by atoms with Crippen LogP contribution in [0.5, 0.6) is 0 Å². The Bertz CT molecular complexity index is 8.00. The van der Waals surface area contributed by atoms with Gasteiger partial charge in [0.05, 0.1) is 0 Å². The van der Waals surface area contributed by atoms with Crippen molar-refractivity contribution >= 4 is 8.41 Å². The van der Waals surface area contributed by atoms with Gasteiger partial charge >= 0.3 is 0 Å². The van der Waals surface area contributed by atoms with Crippen molar-refractivity contribution in [3.05, 3.63) is 0 Å². The van der Waals surface area contributed by atoms with Crippen LogP contribution >= 0.6 is 0 Å². The summed E-state index contributed by atoms with van der Waals surface area (Å²) in [5.74, 6) is 0. The van der Waals surface area contributed by atoms with Gasteiger partial charge in [-0.2, -0.15) is 0 Å². The average molecular weight is 180 g/mol. The first-order valence-electron chi connectivity index (χ1n) is 0. The Hall–Kier alpha value is 1.60. The van der Waals surface area contributed by atoms with Crippen LogP contribution in [0.4, 0.5) is 0 Å². The van der Waals surface area contributed by atoms with Gasteiger partial charge in [0.1, 0.15) is 0 Å². The van der Waals surface area contributed by atoms with Gasteiger partial charge in [-0.05, 0) is 0 Å². The minimum Gasteiger partial charge on any atom is 0 e.